The van der Waals surface area contributed by atoms with Crippen LogP contribution in [0.5, 0.6) is 17.2 Å². The van der Waals surface area contributed by atoms with Gasteiger partial charge in [0.25, 0.3) is 5.91 Å². The Morgan fingerprint density at radius 1 is 1.23 bits per heavy atom. The van der Waals surface area contributed by atoms with Crippen molar-refractivity contribution < 1.29 is 27.8 Å². The molecule has 0 aromatic heterocycles. The number of methoxy groups -OCH3 is 1. The third kappa shape index (κ3) is 3.77. The van der Waals surface area contributed by atoms with Crippen LogP contribution < -0.4 is 19.1 Å². The van der Waals surface area contributed by atoms with Crippen molar-refractivity contribution in [1.82, 2.24) is 0 Å². The van der Waals surface area contributed by atoms with Crippen molar-refractivity contribution in [2.75, 3.05) is 25.2 Å². The normalized spacial score (nSPS) is 13.5. The summed E-state index contributed by atoms with van der Waals surface area (Å²) in [5, 5.41) is 0. The van der Waals surface area contributed by atoms with Crippen LogP contribution in [-0.2, 0) is 4.79 Å². The summed E-state index contributed by atoms with van der Waals surface area (Å²) < 4.78 is 40.5. The molecule has 1 heterocycles. The molecule has 1 aliphatic rings. The molecule has 1 amide bonds. The highest BCUT2D eigenvalue weighted by Crippen LogP contribution is 2.34. The summed E-state index contributed by atoms with van der Waals surface area (Å²) in [5.41, 5.74) is 0.989. The Hall–Kier alpha value is -3.09. The van der Waals surface area contributed by atoms with Gasteiger partial charge in [-0.2, -0.15) is 8.78 Å². The lowest BCUT2D eigenvalue weighted by atomic mass is 10.1. The number of anilines is 1. The van der Waals surface area contributed by atoms with Gasteiger partial charge in [0, 0.05) is 11.6 Å². The summed E-state index contributed by atoms with van der Waals surface area (Å²) in [6.07, 6.45) is 2.75. The number of para-hydroxylation sites is 3. The molecular weight excluding hydrogens is 344 g/mol. The van der Waals surface area contributed by atoms with E-state index in [1.807, 2.05) is 12.1 Å². The fraction of sp³-hybridized carbons (Fsp3) is 0.211. The van der Waals surface area contributed by atoms with Gasteiger partial charge < -0.3 is 19.1 Å². The second-order valence-corrected chi connectivity index (χ2v) is 5.40. The van der Waals surface area contributed by atoms with Crippen LogP contribution in [0.3, 0.4) is 0 Å². The second-order valence-electron chi connectivity index (χ2n) is 5.40. The van der Waals surface area contributed by atoms with Crippen LogP contribution in [0.25, 0.3) is 6.08 Å². The lowest BCUT2D eigenvalue weighted by molar-refractivity contribution is -0.114. The van der Waals surface area contributed by atoms with Crippen molar-refractivity contribution in [3.63, 3.8) is 0 Å². The maximum atomic E-state index is 12.7. The van der Waals surface area contributed by atoms with Gasteiger partial charge in [-0.3, -0.25) is 4.79 Å². The number of benzene rings is 2. The highest BCUT2D eigenvalue weighted by Gasteiger charge is 2.22. The van der Waals surface area contributed by atoms with Gasteiger partial charge in [-0.15, -0.1) is 0 Å². The van der Waals surface area contributed by atoms with Crippen molar-refractivity contribution in [2.24, 2.45) is 0 Å². The van der Waals surface area contributed by atoms with Crippen LogP contribution in [0, 0.1) is 0 Å². The Kier molecular flexibility index (Phi) is 5.36. The fourth-order valence-electron chi connectivity index (χ4n) is 2.69. The monoisotopic (exact) mass is 361 g/mol. The topological polar surface area (TPSA) is 48.0 Å². The Morgan fingerprint density at radius 2 is 2.04 bits per heavy atom. The Morgan fingerprint density at radius 3 is 2.81 bits per heavy atom. The average Bonchev–Trinajstić information content (AvgIpc) is 2.66. The molecule has 0 saturated carbocycles. The lowest BCUT2D eigenvalue weighted by Gasteiger charge is -2.28. The zero-order valence-corrected chi connectivity index (χ0v) is 14.0. The van der Waals surface area contributed by atoms with Crippen LogP contribution in [0.2, 0.25) is 0 Å². The number of halogens is 2. The minimum Gasteiger partial charge on any atom is -0.493 e. The van der Waals surface area contributed by atoms with Gasteiger partial charge in [-0.1, -0.05) is 24.3 Å². The number of carbonyl (C=O) groups excluding carboxylic acids is 1. The molecule has 0 N–H and O–H groups in total. The van der Waals surface area contributed by atoms with Crippen molar-refractivity contribution in [2.45, 2.75) is 6.61 Å². The number of fused-ring (bicyclic) bond motifs is 1. The van der Waals surface area contributed by atoms with E-state index in [2.05, 4.69) is 4.74 Å². The number of alkyl halides is 2. The van der Waals surface area contributed by atoms with E-state index in [9.17, 15) is 13.6 Å². The number of carbonyl (C=O) groups is 1. The van der Waals surface area contributed by atoms with Gasteiger partial charge in [0.15, 0.2) is 11.5 Å². The zero-order chi connectivity index (χ0) is 18.5. The van der Waals surface area contributed by atoms with E-state index in [4.69, 9.17) is 9.47 Å². The minimum atomic E-state index is -3.00. The predicted octanol–water partition coefficient (Wildman–Crippen LogP) is 3.74. The summed E-state index contributed by atoms with van der Waals surface area (Å²) in [6, 6.07) is 11.9. The molecule has 5 nitrogen and oxygen atoms in total. The maximum absolute atomic E-state index is 12.7. The molecule has 0 spiro atoms. The zero-order valence-electron chi connectivity index (χ0n) is 14.0. The summed E-state index contributed by atoms with van der Waals surface area (Å²) in [7, 11) is 1.36. The summed E-state index contributed by atoms with van der Waals surface area (Å²) in [4.78, 5) is 14.2. The van der Waals surface area contributed by atoms with Gasteiger partial charge in [0.05, 0.1) is 19.3 Å². The van der Waals surface area contributed by atoms with E-state index in [-0.39, 0.29) is 17.4 Å². The molecule has 3 rings (SSSR count). The molecule has 0 bridgehead atoms. The highest BCUT2D eigenvalue weighted by molar-refractivity contribution is 6.05. The van der Waals surface area contributed by atoms with Gasteiger partial charge in [0.1, 0.15) is 12.4 Å². The minimum absolute atomic E-state index is 0.114. The van der Waals surface area contributed by atoms with E-state index in [0.717, 1.165) is 0 Å². The molecule has 0 atom stereocenters. The van der Waals surface area contributed by atoms with E-state index in [0.29, 0.717) is 30.2 Å². The smallest absolute Gasteiger partial charge is 0.387 e. The number of hydrogen-bond acceptors (Lipinski definition) is 4. The molecule has 7 heteroatoms. The number of rotatable bonds is 5. The Labute approximate surface area is 149 Å². The SMILES string of the molecule is COc1cccc(/C=C/C(=O)N2CCOc3ccccc32)c1OC(F)F. The highest BCUT2D eigenvalue weighted by atomic mass is 19.3. The first kappa shape index (κ1) is 17.7. The Bertz CT molecular complexity index is 823. The third-order valence-corrected chi connectivity index (χ3v) is 3.84. The third-order valence-electron chi connectivity index (χ3n) is 3.84. The quantitative estimate of drug-likeness (QED) is 0.762. The lowest BCUT2D eigenvalue weighted by Crippen LogP contribution is -2.36. The molecule has 0 saturated heterocycles. The van der Waals surface area contributed by atoms with Crippen LogP contribution in [-0.4, -0.2) is 32.8 Å². The summed E-state index contributed by atoms with van der Waals surface area (Å²) in [6.45, 7) is -2.21. The van der Waals surface area contributed by atoms with Crippen LogP contribution in [0.15, 0.2) is 48.5 Å². The summed E-state index contributed by atoms with van der Waals surface area (Å²) in [5.74, 6) is 0.392. The van der Waals surface area contributed by atoms with Gasteiger partial charge in [-0.25, -0.2) is 0 Å². The molecule has 0 aliphatic carbocycles. The van der Waals surface area contributed by atoms with Crippen LogP contribution >= 0.6 is 0 Å². The molecule has 0 unspecified atom stereocenters. The van der Waals surface area contributed by atoms with Crippen molar-refractivity contribution in [3.05, 3.63) is 54.1 Å². The first-order chi connectivity index (χ1) is 12.6. The van der Waals surface area contributed by atoms with Gasteiger partial charge in [0.2, 0.25) is 0 Å². The summed E-state index contributed by atoms with van der Waals surface area (Å²) >= 11 is 0. The molecule has 2 aromatic rings. The Balaban J connectivity index is 1.86. The largest absolute Gasteiger partial charge is 0.493 e. The average molecular weight is 361 g/mol. The standard InChI is InChI=1S/C19H17F2NO4/c1-24-16-8-4-5-13(18(16)26-19(20)21)9-10-17(23)22-11-12-25-15-7-3-2-6-14(15)22/h2-10,19H,11-12H2,1H3/b10-9+. The predicted molar refractivity (Wildman–Crippen MR) is 93.0 cm³/mol. The van der Waals surface area contributed by atoms with Crippen molar-refractivity contribution >= 4 is 17.7 Å². The molecule has 136 valence electrons. The van der Waals surface area contributed by atoms with E-state index >= 15 is 0 Å². The molecule has 0 fully saturated rings. The number of amides is 1. The van der Waals surface area contributed by atoms with Crippen LogP contribution in [0.1, 0.15) is 5.56 Å². The van der Waals surface area contributed by atoms with Gasteiger partial charge >= 0.3 is 6.61 Å². The number of hydrogen-bond donors (Lipinski definition) is 0. The van der Waals surface area contributed by atoms with Crippen LogP contribution in [0.4, 0.5) is 14.5 Å². The van der Waals surface area contributed by atoms with E-state index in [1.54, 1.807) is 29.2 Å². The number of nitrogens with zero attached hydrogens (tertiary/aromatic N) is 1. The fourth-order valence-corrected chi connectivity index (χ4v) is 2.69. The first-order valence-electron chi connectivity index (χ1n) is 7.93. The molecular formula is C19H17F2NO4. The van der Waals surface area contributed by atoms with E-state index < -0.39 is 6.61 Å². The van der Waals surface area contributed by atoms with Crippen molar-refractivity contribution in [1.29, 1.82) is 0 Å². The molecule has 2 aromatic carbocycles. The number of ether oxygens (including phenoxy) is 3. The molecule has 1 aliphatic heterocycles. The maximum Gasteiger partial charge on any atom is 0.387 e. The first-order valence-corrected chi connectivity index (χ1v) is 7.93. The molecule has 26 heavy (non-hydrogen) atoms. The molecule has 0 radical (unpaired) electrons. The second kappa shape index (κ2) is 7.86. The van der Waals surface area contributed by atoms with Gasteiger partial charge in [-0.05, 0) is 24.3 Å². The van der Waals surface area contributed by atoms with E-state index in [1.165, 1.54) is 25.3 Å². The van der Waals surface area contributed by atoms with Crippen molar-refractivity contribution in [3.8, 4) is 17.2 Å².